The number of thioether (sulfide) groups is 1. The SMILES string of the molecule is CCC1=C(C)C2=NC1=CC1=C(C)C3=C(O)CC(=C4NC(=CC5=NC(=C2)C(CCSc2ccccc2)=C5C)[C@@H](C)[C@@H]4CCC(=O)OC)C3=N1. The molecule has 7 rings (SSSR count). The molecule has 5 aliphatic heterocycles. The van der Waals surface area contributed by atoms with Crippen molar-refractivity contribution in [3.63, 3.8) is 0 Å². The highest BCUT2D eigenvalue weighted by Crippen LogP contribution is 2.46. The quantitative estimate of drug-likeness (QED) is 0.215. The van der Waals surface area contributed by atoms with Crippen LogP contribution in [0.2, 0.25) is 0 Å². The summed E-state index contributed by atoms with van der Waals surface area (Å²) in [7, 11) is 1.44. The van der Waals surface area contributed by atoms with E-state index in [0.717, 1.165) is 86.5 Å². The number of methoxy groups -OCH3 is 1. The second-order valence-corrected chi connectivity index (χ2v) is 14.3. The molecule has 2 N–H and O–H groups in total. The van der Waals surface area contributed by atoms with Gasteiger partial charge in [0, 0.05) is 57.9 Å². The summed E-state index contributed by atoms with van der Waals surface area (Å²) in [6, 6.07) is 10.5. The number of fused-ring (bicyclic) bond motifs is 5. The Labute approximate surface area is 287 Å². The normalized spacial score (nSPS) is 23.0. The van der Waals surface area contributed by atoms with Crippen molar-refractivity contribution in [2.75, 3.05) is 12.9 Å². The summed E-state index contributed by atoms with van der Waals surface area (Å²) >= 11 is 1.86. The van der Waals surface area contributed by atoms with E-state index in [1.54, 1.807) is 0 Å². The van der Waals surface area contributed by atoms with E-state index in [-0.39, 0.29) is 17.8 Å². The van der Waals surface area contributed by atoms with E-state index < -0.39 is 0 Å². The average Bonchev–Trinajstić information content (AvgIpc) is 3.83. The molecule has 0 radical (unpaired) electrons. The van der Waals surface area contributed by atoms with Crippen LogP contribution in [0.15, 0.2) is 142 Å². The molecule has 2 atom stereocenters. The molecule has 7 nitrogen and oxygen atoms in total. The lowest BCUT2D eigenvalue weighted by molar-refractivity contribution is -0.140. The number of aliphatic hydroxyl groups excluding tert-OH is 1. The zero-order valence-corrected chi connectivity index (χ0v) is 29.3. The molecule has 6 aliphatic rings. The van der Waals surface area contributed by atoms with Gasteiger partial charge in [0.2, 0.25) is 0 Å². The smallest absolute Gasteiger partial charge is 0.305 e. The molecule has 8 heteroatoms. The van der Waals surface area contributed by atoms with E-state index in [2.05, 4.69) is 81.6 Å². The fraction of sp³-hybridized carbons (Fsp3) is 0.350. The zero-order valence-electron chi connectivity index (χ0n) is 28.5. The number of esters is 1. The zero-order chi connectivity index (χ0) is 33.7. The summed E-state index contributed by atoms with van der Waals surface area (Å²) in [6.45, 7) is 10.7. The molecule has 246 valence electrons. The molecule has 1 fully saturated rings. The van der Waals surface area contributed by atoms with E-state index in [1.165, 1.54) is 28.7 Å². The van der Waals surface area contributed by atoms with Gasteiger partial charge >= 0.3 is 5.97 Å². The summed E-state index contributed by atoms with van der Waals surface area (Å²) in [4.78, 5) is 29.2. The monoisotopic (exact) mass is 658 g/mol. The third-order valence-electron chi connectivity index (χ3n) is 10.4. The van der Waals surface area contributed by atoms with Crippen molar-refractivity contribution in [1.29, 1.82) is 0 Å². The van der Waals surface area contributed by atoms with Gasteiger partial charge in [-0.2, -0.15) is 0 Å². The number of aliphatic imine (C=N–C) groups is 3. The van der Waals surface area contributed by atoms with Crippen molar-refractivity contribution < 1.29 is 14.6 Å². The maximum Gasteiger partial charge on any atom is 0.305 e. The third-order valence-corrected chi connectivity index (χ3v) is 11.4. The van der Waals surface area contributed by atoms with Gasteiger partial charge in [-0.05, 0) is 98.3 Å². The second kappa shape index (κ2) is 12.9. The summed E-state index contributed by atoms with van der Waals surface area (Å²) in [5, 5.41) is 15.1. The number of nitrogens with one attached hydrogen (secondary N) is 1. The maximum absolute atomic E-state index is 12.3. The molecule has 1 aromatic rings. The summed E-state index contributed by atoms with van der Waals surface area (Å²) < 4.78 is 5.02. The van der Waals surface area contributed by atoms with Crippen LogP contribution >= 0.6 is 11.8 Å². The van der Waals surface area contributed by atoms with E-state index in [0.29, 0.717) is 25.0 Å². The first-order valence-corrected chi connectivity index (χ1v) is 17.9. The van der Waals surface area contributed by atoms with Crippen molar-refractivity contribution >= 4 is 34.9 Å². The highest BCUT2D eigenvalue weighted by molar-refractivity contribution is 7.99. The van der Waals surface area contributed by atoms with Gasteiger partial charge in [0.1, 0.15) is 5.76 Å². The molecule has 0 aromatic heterocycles. The van der Waals surface area contributed by atoms with E-state index in [1.807, 2.05) is 18.7 Å². The first-order valence-electron chi connectivity index (χ1n) is 16.9. The van der Waals surface area contributed by atoms with Crippen molar-refractivity contribution in [3.05, 3.63) is 122 Å². The van der Waals surface area contributed by atoms with E-state index in [9.17, 15) is 9.90 Å². The molecule has 0 saturated carbocycles. The van der Waals surface area contributed by atoms with Crippen LogP contribution in [0.1, 0.15) is 66.7 Å². The van der Waals surface area contributed by atoms with Gasteiger partial charge in [-0.1, -0.05) is 32.0 Å². The molecule has 48 heavy (non-hydrogen) atoms. The van der Waals surface area contributed by atoms with Gasteiger partial charge in [-0.25, -0.2) is 15.0 Å². The molecule has 1 saturated heterocycles. The predicted octanol–water partition coefficient (Wildman–Crippen LogP) is 8.79. The second-order valence-electron chi connectivity index (χ2n) is 13.1. The van der Waals surface area contributed by atoms with Crippen molar-refractivity contribution in [1.82, 2.24) is 5.32 Å². The molecule has 1 aliphatic carbocycles. The van der Waals surface area contributed by atoms with E-state index in [4.69, 9.17) is 19.7 Å². The number of benzene rings is 1. The fourth-order valence-electron chi connectivity index (χ4n) is 7.64. The van der Waals surface area contributed by atoms with Crippen LogP contribution in [0, 0.1) is 11.8 Å². The number of carbonyl (C=O) groups is 1. The Bertz CT molecular complexity index is 1980. The van der Waals surface area contributed by atoms with Gasteiger partial charge in [-0.15, -0.1) is 11.8 Å². The van der Waals surface area contributed by atoms with Crippen LogP contribution < -0.4 is 5.32 Å². The van der Waals surface area contributed by atoms with Crippen LogP contribution in [-0.2, 0) is 9.53 Å². The standard InChI is InChI=1S/C40H42N4O3S/c1-7-26-21(2)31-19-35-27(15-16-48-25-11-9-8-10-12-25)22(3)30(42-35)18-32-23(4)28(13-14-37(46)47-6)39(43-32)29-17-36(45)38-24(5)33(44-40(29)38)20-34(26)41-31/h8-12,18-20,23,28,43,45H,7,13-17H2,1-6H3/t23-,28-/m0/s1. The fourth-order valence-corrected chi connectivity index (χ4v) is 8.53. The Morgan fingerprint density at radius 2 is 1.69 bits per heavy atom. The van der Waals surface area contributed by atoms with Crippen LogP contribution in [0.5, 0.6) is 0 Å². The lowest BCUT2D eigenvalue weighted by Crippen LogP contribution is -2.16. The molecular formula is C40H42N4O3S. The van der Waals surface area contributed by atoms with Gasteiger partial charge in [-0.3, -0.25) is 4.79 Å². The topological polar surface area (TPSA) is 95.6 Å². The first-order chi connectivity index (χ1) is 23.2. The van der Waals surface area contributed by atoms with Crippen LogP contribution in [0.4, 0.5) is 0 Å². The molecule has 8 bridgehead atoms. The van der Waals surface area contributed by atoms with Crippen molar-refractivity contribution in [2.45, 2.75) is 71.6 Å². The molecule has 0 unspecified atom stereocenters. The van der Waals surface area contributed by atoms with Crippen LogP contribution in [0.25, 0.3) is 0 Å². The van der Waals surface area contributed by atoms with E-state index >= 15 is 0 Å². The number of hydrogen-bond acceptors (Lipinski definition) is 8. The summed E-state index contributed by atoms with van der Waals surface area (Å²) in [6.07, 6.45) is 9.49. The number of allylic oxidation sites excluding steroid dienone is 12. The first kappa shape index (κ1) is 32.1. The maximum atomic E-state index is 12.3. The number of aliphatic hydroxyl groups is 1. The number of rotatable bonds is 8. The van der Waals surface area contributed by atoms with Crippen molar-refractivity contribution in [3.8, 4) is 0 Å². The molecular weight excluding hydrogens is 617 g/mol. The lowest BCUT2D eigenvalue weighted by Gasteiger charge is -2.17. The molecule has 5 heterocycles. The van der Waals surface area contributed by atoms with Gasteiger partial charge in [0.25, 0.3) is 0 Å². The van der Waals surface area contributed by atoms with Crippen LogP contribution in [0.3, 0.4) is 0 Å². The van der Waals surface area contributed by atoms with Gasteiger partial charge in [0.15, 0.2) is 0 Å². The third kappa shape index (κ3) is 5.60. The summed E-state index contributed by atoms with van der Waals surface area (Å²) in [5.74, 6) is 1.17. The predicted molar refractivity (Wildman–Crippen MR) is 195 cm³/mol. The Kier molecular flexibility index (Phi) is 8.62. The van der Waals surface area contributed by atoms with Gasteiger partial charge in [0.05, 0.1) is 41.3 Å². The molecule has 0 spiro atoms. The Hall–Kier alpha value is -4.43. The highest BCUT2D eigenvalue weighted by atomic mass is 32.2. The summed E-state index contributed by atoms with van der Waals surface area (Å²) in [5.41, 5.74) is 15.0. The van der Waals surface area contributed by atoms with Gasteiger partial charge < -0.3 is 15.2 Å². The lowest BCUT2D eigenvalue weighted by atomic mass is 9.86. The number of ether oxygens (including phenoxy) is 1. The Morgan fingerprint density at radius 3 is 2.42 bits per heavy atom. The molecule has 0 amide bonds. The highest BCUT2D eigenvalue weighted by Gasteiger charge is 2.41. The average molecular weight is 659 g/mol. The number of nitrogens with zero attached hydrogens (tertiary/aromatic N) is 3. The molecule has 1 aromatic carbocycles. The van der Waals surface area contributed by atoms with Crippen molar-refractivity contribution in [2.24, 2.45) is 26.8 Å². The Morgan fingerprint density at radius 1 is 0.979 bits per heavy atom. The number of hydrogen-bond donors (Lipinski definition) is 2. The number of carbonyl (C=O) groups excluding carboxylic acids is 1. The Balaban J connectivity index is 1.37. The minimum absolute atomic E-state index is 0.0282. The van der Waals surface area contributed by atoms with Crippen LogP contribution in [-0.4, -0.2) is 41.1 Å². The minimum Gasteiger partial charge on any atom is -0.511 e. The minimum atomic E-state index is -0.224. The largest absolute Gasteiger partial charge is 0.511 e.